The maximum absolute atomic E-state index is 12.8. The quantitative estimate of drug-likeness (QED) is 0.690. The Labute approximate surface area is 74.5 Å². The predicted octanol–water partition coefficient (Wildman–Crippen LogP) is 1.75. The maximum atomic E-state index is 12.8. The molecule has 1 atom stereocenters. The summed E-state index contributed by atoms with van der Waals surface area (Å²) < 4.78 is 18.2. The van der Waals surface area contributed by atoms with Crippen LogP contribution in [0.15, 0.2) is 0 Å². The summed E-state index contributed by atoms with van der Waals surface area (Å²) in [6.45, 7) is 6.81. The van der Waals surface area contributed by atoms with Gasteiger partial charge in [-0.25, -0.2) is 4.39 Å². The molecule has 0 amide bonds. The van der Waals surface area contributed by atoms with Gasteiger partial charge in [0.2, 0.25) is 0 Å². The van der Waals surface area contributed by atoms with E-state index in [1.807, 2.05) is 20.8 Å². The van der Waals surface area contributed by atoms with Crippen molar-refractivity contribution in [2.75, 3.05) is 20.2 Å². The molecule has 0 heterocycles. The van der Waals surface area contributed by atoms with Crippen LogP contribution in [0.1, 0.15) is 27.2 Å². The zero-order valence-electron chi connectivity index (χ0n) is 8.48. The Morgan fingerprint density at radius 2 is 2.00 bits per heavy atom. The van der Waals surface area contributed by atoms with E-state index < -0.39 is 6.17 Å². The number of hydrogen-bond donors (Lipinski definition) is 1. The van der Waals surface area contributed by atoms with Crippen LogP contribution in [0.3, 0.4) is 0 Å². The molecule has 0 unspecified atom stereocenters. The largest absolute Gasteiger partial charge is 0.376 e. The van der Waals surface area contributed by atoms with Gasteiger partial charge in [0.25, 0.3) is 0 Å². The van der Waals surface area contributed by atoms with Gasteiger partial charge >= 0.3 is 0 Å². The Morgan fingerprint density at radius 1 is 1.42 bits per heavy atom. The van der Waals surface area contributed by atoms with Crippen LogP contribution in [-0.4, -0.2) is 32.0 Å². The molecule has 0 spiro atoms. The first-order valence-electron chi connectivity index (χ1n) is 4.38. The maximum Gasteiger partial charge on any atom is 0.115 e. The Kier molecular flexibility index (Phi) is 5.42. The van der Waals surface area contributed by atoms with Gasteiger partial charge in [-0.15, -0.1) is 0 Å². The van der Waals surface area contributed by atoms with Gasteiger partial charge in [0.15, 0.2) is 0 Å². The van der Waals surface area contributed by atoms with Crippen LogP contribution in [0.25, 0.3) is 0 Å². The van der Waals surface area contributed by atoms with Gasteiger partial charge < -0.3 is 10.1 Å². The van der Waals surface area contributed by atoms with E-state index in [2.05, 4.69) is 5.32 Å². The fraction of sp³-hybridized carbons (Fsp3) is 1.00. The zero-order chi connectivity index (χ0) is 9.61. The monoisotopic (exact) mass is 177 g/mol. The SMILES string of the molecule is CNC[C@@H](F)CCOC(C)(C)C. The molecule has 3 heteroatoms. The van der Waals surface area contributed by atoms with E-state index in [9.17, 15) is 4.39 Å². The molecule has 74 valence electrons. The van der Waals surface area contributed by atoms with Crippen LogP contribution >= 0.6 is 0 Å². The second-order valence-corrected chi connectivity index (χ2v) is 3.90. The molecule has 0 saturated carbocycles. The summed E-state index contributed by atoms with van der Waals surface area (Å²) in [4.78, 5) is 0. The summed E-state index contributed by atoms with van der Waals surface area (Å²) >= 11 is 0. The summed E-state index contributed by atoms with van der Waals surface area (Å²) in [7, 11) is 1.75. The van der Waals surface area contributed by atoms with E-state index in [-0.39, 0.29) is 5.60 Å². The van der Waals surface area contributed by atoms with Crippen molar-refractivity contribution in [3.63, 3.8) is 0 Å². The number of nitrogens with one attached hydrogen (secondary N) is 1. The highest BCUT2D eigenvalue weighted by Gasteiger charge is 2.11. The molecule has 0 rings (SSSR count). The minimum atomic E-state index is -0.794. The predicted molar refractivity (Wildman–Crippen MR) is 49.1 cm³/mol. The molecule has 0 aromatic carbocycles. The molecule has 0 aromatic rings. The lowest BCUT2D eigenvalue weighted by Crippen LogP contribution is -2.25. The molecule has 0 saturated heterocycles. The van der Waals surface area contributed by atoms with E-state index in [4.69, 9.17) is 4.74 Å². The van der Waals surface area contributed by atoms with E-state index in [1.165, 1.54) is 0 Å². The molecule has 2 nitrogen and oxygen atoms in total. The van der Waals surface area contributed by atoms with Crippen molar-refractivity contribution in [1.82, 2.24) is 5.32 Å². The van der Waals surface area contributed by atoms with Crippen LogP contribution in [0.2, 0.25) is 0 Å². The third kappa shape index (κ3) is 7.95. The molecule has 1 N–H and O–H groups in total. The van der Waals surface area contributed by atoms with Gasteiger partial charge in [0.05, 0.1) is 12.2 Å². The number of halogens is 1. The highest BCUT2D eigenvalue weighted by Crippen LogP contribution is 2.08. The summed E-state index contributed by atoms with van der Waals surface area (Å²) in [6, 6.07) is 0. The average molecular weight is 177 g/mol. The number of hydrogen-bond acceptors (Lipinski definition) is 2. The topological polar surface area (TPSA) is 21.3 Å². The third-order valence-corrected chi connectivity index (χ3v) is 1.39. The molecular weight excluding hydrogens is 157 g/mol. The lowest BCUT2D eigenvalue weighted by molar-refractivity contribution is -0.0110. The Bertz CT molecular complexity index is 112. The Morgan fingerprint density at radius 3 is 2.42 bits per heavy atom. The first kappa shape index (κ1) is 11.8. The summed E-state index contributed by atoms with van der Waals surface area (Å²) in [5, 5.41) is 2.78. The first-order valence-corrected chi connectivity index (χ1v) is 4.38. The highest BCUT2D eigenvalue weighted by atomic mass is 19.1. The third-order valence-electron chi connectivity index (χ3n) is 1.39. The molecule has 0 fully saturated rings. The van der Waals surface area contributed by atoms with E-state index in [1.54, 1.807) is 7.05 Å². The molecule has 0 bridgehead atoms. The molecular formula is C9H20FNO. The van der Waals surface area contributed by atoms with Crippen molar-refractivity contribution >= 4 is 0 Å². The van der Waals surface area contributed by atoms with Crippen LogP contribution in [0.5, 0.6) is 0 Å². The van der Waals surface area contributed by atoms with Crippen molar-refractivity contribution in [3.05, 3.63) is 0 Å². The lowest BCUT2D eigenvalue weighted by Gasteiger charge is -2.20. The Hall–Kier alpha value is -0.150. The van der Waals surface area contributed by atoms with Crippen LogP contribution in [-0.2, 0) is 4.74 Å². The van der Waals surface area contributed by atoms with Crippen molar-refractivity contribution in [3.8, 4) is 0 Å². The van der Waals surface area contributed by atoms with Crippen molar-refractivity contribution in [2.24, 2.45) is 0 Å². The highest BCUT2D eigenvalue weighted by molar-refractivity contribution is 4.62. The summed E-state index contributed by atoms with van der Waals surface area (Å²) in [6.07, 6.45) is -0.324. The van der Waals surface area contributed by atoms with Gasteiger partial charge in [-0.05, 0) is 27.8 Å². The van der Waals surface area contributed by atoms with Crippen LogP contribution in [0.4, 0.5) is 4.39 Å². The van der Waals surface area contributed by atoms with Gasteiger partial charge in [-0.1, -0.05) is 0 Å². The van der Waals surface area contributed by atoms with Crippen LogP contribution < -0.4 is 5.32 Å². The van der Waals surface area contributed by atoms with E-state index in [0.29, 0.717) is 19.6 Å². The molecule has 12 heavy (non-hydrogen) atoms. The minimum Gasteiger partial charge on any atom is -0.376 e. The Balaban J connectivity index is 3.31. The second-order valence-electron chi connectivity index (χ2n) is 3.90. The van der Waals surface area contributed by atoms with Crippen LogP contribution in [0, 0.1) is 0 Å². The molecule has 0 aliphatic rings. The average Bonchev–Trinajstić information content (AvgIpc) is 1.84. The molecule has 0 aliphatic carbocycles. The number of alkyl halides is 1. The zero-order valence-corrected chi connectivity index (χ0v) is 8.48. The summed E-state index contributed by atoms with van der Waals surface area (Å²) in [5.41, 5.74) is -0.153. The summed E-state index contributed by atoms with van der Waals surface area (Å²) in [5.74, 6) is 0. The standard InChI is InChI=1S/C9H20FNO/c1-9(2,3)12-6-5-8(10)7-11-4/h8,11H,5-7H2,1-4H3/t8-/m0/s1. The van der Waals surface area contributed by atoms with Gasteiger partial charge in [0.1, 0.15) is 6.17 Å². The number of rotatable bonds is 5. The van der Waals surface area contributed by atoms with Crippen molar-refractivity contribution < 1.29 is 9.13 Å². The van der Waals surface area contributed by atoms with Gasteiger partial charge in [0, 0.05) is 13.0 Å². The van der Waals surface area contributed by atoms with Crippen molar-refractivity contribution in [2.45, 2.75) is 39.0 Å². The van der Waals surface area contributed by atoms with E-state index >= 15 is 0 Å². The molecule has 0 aliphatic heterocycles. The fourth-order valence-electron chi connectivity index (χ4n) is 0.817. The van der Waals surface area contributed by atoms with Gasteiger partial charge in [-0.3, -0.25) is 0 Å². The fourth-order valence-corrected chi connectivity index (χ4v) is 0.817. The minimum absolute atomic E-state index is 0.153. The smallest absolute Gasteiger partial charge is 0.115 e. The van der Waals surface area contributed by atoms with E-state index in [0.717, 1.165) is 0 Å². The lowest BCUT2D eigenvalue weighted by atomic mass is 10.2. The van der Waals surface area contributed by atoms with Gasteiger partial charge in [-0.2, -0.15) is 0 Å². The normalized spacial score (nSPS) is 14.8. The first-order chi connectivity index (χ1) is 5.45. The molecule has 0 aromatic heterocycles. The molecule has 0 radical (unpaired) electrons. The second kappa shape index (κ2) is 5.49. The number of ether oxygens (including phenoxy) is 1. The van der Waals surface area contributed by atoms with Crippen molar-refractivity contribution in [1.29, 1.82) is 0 Å².